The highest BCUT2D eigenvalue weighted by Gasteiger charge is 2.18. The van der Waals surface area contributed by atoms with Crippen molar-refractivity contribution in [1.82, 2.24) is 15.5 Å². The van der Waals surface area contributed by atoms with Gasteiger partial charge < -0.3 is 15.4 Å². The first kappa shape index (κ1) is 20.1. The van der Waals surface area contributed by atoms with Crippen molar-refractivity contribution in [3.8, 4) is 11.3 Å². The Morgan fingerprint density at radius 3 is 2.57 bits per heavy atom. The standard InChI is InChI=1S/C21H22N4O2.ClH/c1-14-19(16-5-3-2-4-6-16)24-25-20(14)21(26)23-17-9-7-15(8-10-17)18-13-22-11-12-27-18;/h2-10,18,22H,11-13H2,1H3,(H,23,26)(H,24,25);1H/t18-;/m1./s1. The Morgan fingerprint density at radius 2 is 1.89 bits per heavy atom. The lowest BCUT2D eigenvalue weighted by Crippen LogP contribution is -2.33. The highest BCUT2D eigenvalue weighted by Crippen LogP contribution is 2.24. The van der Waals surface area contributed by atoms with E-state index in [0.717, 1.165) is 41.2 Å². The van der Waals surface area contributed by atoms with E-state index in [-0.39, 0.29) is 24.4 Å². The first-order valence-corrected chi connectivity index (χ1v) is 9.06. The van der Waals surface area contributed by atoms with E-state index >= 15 is 0 Å². The van der Waals surface area contributed by atoms with Gasteiger partial charge in [0.1, 0.15) is 5.69 Å². The predicted octanol–water partition coefficient (Wildman–Crippen LogP) is 3.72. The lowest BCUT2D eigenvalue weighted by Gasteiger charge is -2.24. The fourth-order valence-electron chi connectivity index (χ4n) is 3.25. The molecule has 1 fully saturated rings. The number of H-pyrrole nitrogens is 1. The van der Waals surface area contributed by atoms with Gasteiger partial charge in [-0.15, -0.1) is 12.4 Å². The van der Waals surface area contributed by atoms with Gasteiger partial charge in [0.25, 0.3) is 5.91 Å². The second-order valence-corrected chi connectivity index (χ2v) is 6.58. The molecule has 1 aliphatic heterocycles. The molecule has 3 N–H and O–H groups in total. The summed E-state index contributed by atoms with van der Waals surface area (Å²) in [5.41, 5.74) is 4.91. The van der Waals surface area contributed by atoms with Crippen LogP contribution in [0, 0.1) is 6.92 Å². The summed E-state index contributed by atoms with van der Waals surface area (Å²) in [4.78, 5) is 12.6. The molecule has 0 spiro atoms. The Balaban J connectivity index is 0.00000225. The summed E-state index contributed by atoms with van der Waals surface area (Å²) in [6, 6.07) is 17.6. The molecule has 1 amide bonds. The number of morpholine rings is 1. The topological polar surface area (TPSA) is 79.0 Å². The largest absolute Gasteiger partial charge is 0.371 e. The Bertz CT molecular complexity index is 919. The number of aromatic nitrogens is 2. The first-order valence-electron chi connectivity index (χ1n) is 9.06. The number of ether oxygens (including phenoxy) is 1. The number of carbonyl (C=O) groups excluding carboxylic acids is 1. The fraction of sp³-hybridized carbons (Fsp3) is 0.238. The molecule has 0 unspecified atom stereocenters. The first-order chi connectivity index (χ1) is 13.2. The minimum atomic E-state index is -0.203. The van der Waals surface area contributed by atoms with Crippen molar-refractivity contribution >= 4 is 24.0 Å². The quantitative estimate of drug-likeness (QED) is 0.625. The molecule has 146 valence electrons. The van der Waals surface area contributed by atoms with Crippen LogP contribution in [0.4, 0.5) is 5.69 Å². The Hall–Kier alpha value is -2.67. The van der Waals surface area contributed by atoms with Gasteiger partial charge in [-0.05, 0) is 24.6 Å². The van der Waals surface area contributed by atoms with Crippen LogP contribution in [0.1, 0.15) is 27.7 Å². The summed E-state index contributed by atoms with van der Waals surface area (Å²) in [5, 5.41) is 13.4. The van der Waals surface area contributed by atoms with Crippen LogP contribution in [0.15, 0.2) is 54.6 Å². The molecular weight excluding hydrogens is 376 g/mol. The van der Waals surface area contributed by atoms with Crippen molar-refractivity contribution in [3.05, 3.63) is 71.4 Å². The van der Waals surface area contributed by atoms with Gasteiger partial charge in [0.15, 0.2) is 0 Å². The summed E-state index contributed by atoms with van der Waals surface area (Å²) in [7, 11) is 0. The molecule has 0 bridgehead atoms. The second-order valence-electron chi connectivity index (χ2n) is 6.58. The Kier molecular flexibility index (Phi) is 6.46. The van der Waals surface area contributed by atoms with Crippen LogP contribution >= 0.6 is 12.4 Å². The number of nitrogens with one attached hydrogen (secondary N) is 3. The average Bonchev–Trinajstić information content (AvgIpc) is 3.11. The molecule has 4 rings (SSSR count). The number of hydrogen-bond acceptors (Lipinski definition) is 4. The van der Waals surface area contributed by atoms with Gasteiger partial charge in [-0.25, -0.2) is 0 Å². The molecule has 2 heterocycles. The van der Waals surface area contributed by atoms with Gasteiger partial charge in [0.2, 0.25) is 0 Å². The summed E-state index contributed by atoms with van der Waals surface area (Å²) < 4.78 is 5.75. The molecule has 3 aromatic rings. The molecule has 1 atom stereocenters. The molecule has 0 radical (unpaired) electrons. The van der Waals surface area contributed by atoms with E-state index < -0.39 is 0 Å². The zero-order valence-electron chi connectivity index (χ0n) is 15.6. The minimum Gasteiger partial charge on any atom is -0.371 e. The lowest BCUT2D eigenvalue weighted by atomic mass is 10.1. The molecule has 0 saturated carbocycles. The summed E-state index contributed by atoms with van der Waals surface area (Å²) >= 11 is 0. The van der Waals surface area contributed by atoms with Crippen molar-refractivity contribution in [2.75, 3.05) is 25.0 Å². The average molecular weight is 399 g/mol. The normalized spacial score (nSPS) is 16.2. The Labute approximate surface area is 170 Å². The molecule has 6 nitrogen and oxygen atoms in total. The van der Waals surface area contributed by atoms with Crippen molar-refractivity contribution in [2.45, 2.75) is 13.0 Å². The molecule has 2 aromatic carbocycles. The number of aromatic amines is 1. The third kappa shape index (κ3) is 4.25. The van der Waals surface area contributed by atoms with Crippen LogP contribution < -0.4 is 10.6 Å². The molecular formula is C21H23ClN4O2. The highest BCUT2D eigenvalue weighted by molar-refractivity contribution is 6.04. The van der Waals surface area contributed by atoms with Gasteiger partial charge >= 0.3 is 0 Å². The number of halogens is 1. The second kappa shape index (κ2) is 9.01. The number of carbonyl (C=O) groups is 1. The Morgan fingerprint density at radius 1 is 1.14 bits per heavy atom. The third-order valence-corrected chi connectivity index (χ3v) is 4.75. The number of nitrogens with zero attached hydrogens (tertiary/aromatic N) is 1. The summed E-state index contributed by atoms with van der Waals surface area (Å²) in [6.07, 6.45) is 0.0618. The van der Waals surface area contributed by atoms with Crippen LogP contribution in [0.25, 0.3) is 11.3 Å². The van der Waals surface area contributed by atoms with E-state index in [4.69, 9.17) is 4.74 Å². The van der Waals surface area contributed by atoms with E-state index in [1.54, 1.807) is 0 Å². The molecule has 1 saturated heterocycles. The van der Waals surface area contributed by atoms with E-state index in [9.17, 15) is 4.79 Å². The predicted molar refractivity (Wildman–Crippen MR) is 112 cm³/mol. The molecule has 1 aliphatic rings. The third-order valence-electron chi connectivity index (χ3n) is 4.75. The number of benzene rings is 2. The molecule has 7 heteroatoms. The van der Waals surface area contributed by atoms with Crippen LogP contribution in [-0.2, 0) is 4.74 Å². The smallest absolute Gasteiger partial charge is 0.273 e. The van der Waals surface area contributed by atoms with Crippen molar-refractivity contribution < 1.29 is 9.53 Å². The molecule has 1 aromatic heterocycles. The van der Waals surface area contributed by atoms with Gasteiger partial charge in [0, 0.05) is 29.9 Å². The monoisotopic (exact) mass is 398 g/mol. The number of hydrogen-bond donors (Lipinski definition) is 3. The van der Waals surface area contributed by atoms with Crippen molar-refractivity contribution in [2.24, 2.45) is 0 Å². The van der Waals surface area contributed by atoms with E-state index in [2.05, 4.69) is 20.8 Å². The zero-order chi connectivity index (χ0) is 18.6. The maximum atomic E-state index is 12.6. The summed E-state index contributed by atoms with van der Waals surface area (Å²) in [5.74, 6) is -0.203. The number of anilines is 1. The van der Waals surface area contributed by atoms with Crippen LogP contribution in [-0.4, -0.2) is 35.8 Å². The zero-order valence-corrected chi connectivity index (χ0v) is 16.4. The van der Waals surface area contributed by atoms with Crippen LogP contribution in [0.5, 0.6) is 0 Å². The molecule has 28 heavy (non-hydrogen) atoms. The van der Waals surface area contributed by atoms with E-state index in [1.807, 2.05) is 61.5 Å². The van der Waals surface area contributed by atoms with Gasteiger partial charge in [-0.2, -0.15) is 5.10 Å². The van der Waals surface area contributed by atoms with Gasteiger partial charge in [0.05, 0.1) is 18.4 Å². The number of amides is 1. The van der Waals surface area contributed by atoms with Gasteiger partial charge in [-0.3, -0.25) is 9.89 Å². The van der Waals surface area contributed by atoms with Crippen LogP contribution in [0.3, 0.4) is 0 Å². The van der Waals surface area contributed by atoms with Gasteiger partial charge in [-0.1, -0.05) is 42.5 Å². The lowest BCUT2D eigenvalue weighted by molar-refractivity contribution is 0.0277. The summed E-state index contributed by atoms with van der Waals surface area (Å²) in [6.45, 7) is 4.31. The SMILES string of the molecule is Cc1c(-c2ccccc2)n[nH]c1C(=O)Nc1ccc([C@H]2CNCCO2)cc1.Cl. The van der Waals surface area contributed by atoms with Crippen LogP contribution in [0.2, 0.25) is 0 Å². The van der Waals surface area contributed by atoms with Crippen molar-refractivity contribution in [1.29, 1.82) is 0 Å². The number of rotatable bonds is 4. The van der Waals surface area contributed by atoms with E-state index in [1.165, 1.54) is 0 Å². The van der Waals surface area contributed by atoms with Crippen molar-refractivity contribution in [3.63, 3.8) is 0 Å². The minimum absolute atomic E-state index is 0. The maximum Gasteiger partial charge on any atom is 0.273 e. The van der Waals surface area contributed by atoms with E-state index in [0.29, 0.717) is 12.3 Å². The molecule has 0 aliphatic carbocycles. The fourth-order valence-corrected chi connectivity index (χ4v) is 3.25. The maximum absolute atomic E-state index is 12.6. The highest BCUT2D eigenvalue weighted by atomic mass is 35.5.